The fraction of sp³-hybridized carbons (Fsp3) is 0.312. The maximum atomic E-state index is 4.82. The Morgan fingerprint density at radius 2 is 1.94 bits per heavy atom. The highest BCUT2D eigenvalue weighted by Gasteiger charge is 2.11. The molecule has 3 rings (SSSR count). The molecule has 2 nitrogen and oxygen atoms in total. The van der Waals surface area contributed by atoms with E-state index in [1.165, 1.54) is 27.7 Å². The molecule has 92 valence electrons. The Morgan fingerprint density at radius 3 is 2.72 bits per heavy atom. The summed E-state index contributed by atoms with van der Waals surface area (Å²) in [4.78, 5) is 4.82. The molecule has 0 aliphatic heterocycles. The summed E-state index contributed by atoms with van der Waals surface area (Å²) < 4.78 is 2.25. The first-order valence-corrected chi connectivity index (χ1v) is 6.56. The van der Waals surface area contributed by atoms with Crippen molar-refractivity contribution in [2.24, 2.45) is 7.05 Å². The third-order valence-electron chi connectivity index (χ3n) is 3.70. The first-order valence-electron chi connectivity index (χ1n) is 6.56. The van der Waals surface area contributed by atoms with Crippen molar-refractivity contribution in [3.8, 4) is 0 Å². The summed E-state index contributed by atoms with van der Waals surface area (Å²) in [5.41, 5.74) is 6.17. The highest BCUT2D eigenvalue weighted by atomic mass is 15.0. The van der Waals surface area contributed by atoms with Crippen LogP contribution in [0.15, 0.2) is 30.3 Å². The Labute approximate surface area is 107 Å². The number of hydrogen-bond donors (Lipinski definition) is 0. The summed E-state index contributed by atoms with van der Waals surface area (Å²) in [6.07, 6.45) is 2.27. The van der Waals surface area contributed by atoms with Gasteiger partial charge in [0, 0.05) is 18.1 Å². The van der Waals surface area contributed by atoms with Gasteiger partial charge in [0.15, 0.2) is 0 Å². The molecule has 0 unspecified atom stereocenters. The Balaban J connectivity index is 2.41. The fourth-order valence-corrected chi connectivity index (χ4v) is 2.71. The van der Waals surface area contributed by atoms with Gasteiger partial charge in [0.05, 0.1) is 16.6 Å². The molecule has 0 fully saturated rings. The Kier molecular flexibility index (Phi) is 2.58. The zero-order valence-electron chi connectivity index (χ0n) is 11.2. The second-order valence-electron chi connectivity index (χ2n) is 4.93. The predicted molar refractivity (Wildman–Crippen MR) is 77.0 cm³/mol. The standard InChI is InChI=1S/C16H18N2/c1-4-7-12-10-15-16(17-11(12)2)13-8-5-6-9-14(13)18(15)3/h5-6,8-10H,4,7H2,1-3H3. The van der Waals surface area contributed by atoms with Crippen molar-refractivity contribution in [2.45, 2.75) is 26.7 Å². The van der Waals surface area contributed by atoms with Crippen molar-refractivity contribution < 1.29 is 0 Å². The summed E-state index contributed by atoms with van der Waals surface area (Å²) >= 11 is 0. The third kappa shape index (κ3) is 1.52. The van der Waals surface area contributed by atoms with Crippen molar-refractivity contribution in [1.82, 2.24) is 9.55 Å². The molecule has 0 radical (unpaired) electrons. The number of fused-ring (bicyclic) bond motifs is 3. The van der Waals surface area contributed by atoms with Crippen LogP contribution >= 0.6 is 0 Å². The van der Waals surface area contributed by atoms with E-state index >= 15 is 0 Å². The molecule has 0 N–H and O–H groups in total. The van der Waals surface area contributed by atoms with Crippen LogP contribution in [0.2, 0.25) is 0 Å². The van der Waals surface area contributed by atoms with Crippen LogP contribution in [0.25, 0.3) is 21.9 Å². The van der Waals surface area contributed by atoms with Gasteiger partial charge in [-0.25, -0.2) is 0 Å². The molecule has 0 spiro atoms. The lowest BCUT2D eigenvalue weighted by molar-refractivity contribution is 0.900. The van der Waals surface area contributed by atoms with E-state index in [0.717, 1.165) is 18.4 Å². The molecule has 0 saturated heterocycles. The molecule has 18 heavy (non-hydrogen) atoms. The number of rotatable bonds is 2. The average Bonchev–Trinajstić information content (AvgIpc) is 2.65. The van der Waals surface area contributed by atoms with Crippen molar-refractivity contribution in [3.05, 3.63) is 41.6 Å². The molecule has 3 aromatic rings. The molecule has 2 aromatic heterocycles. The second-order valence-corrected chi connectivity index (χ2v) is 4.93. The molecule has 0 bridgehead atoms. The highest BCUT2D eigenvalue weighted by molar-refractivity contribution is 6.05. The van der Waals surface area contributed by atoms with E-state index in [0.29, 0.717) is 0 Å². The normalized spacial score (nSPS) is 11.5. The van der Waals surface area contributed by atoms with Gasteiger partial charge in [0.25, 0.3) is 0 Å². The molecule has 0 aliphatic rings. The summed E-state index contributed by atoms with van der Waals surface area (Å²) in [6, 6.07) is 10.8. The Bertz CT molecular complexity index is 723. The van der Waals surface area contributed by atoms with Gasteiger partial charge >= 0.3 is 0 Å². The SMILES string of the molecule is CCCc1cc2c(nc1C)c1ccccc1n2C. The van der Waals surface area contributed by atoms with Gasteiger partial charge < -0.3 is 4.57 Å². The summed E-state index contributed by atoms with van der Waals surface area (Å²) in [5.74, 6) is 0. The van der Waals surface area contributed by atoms with E-state index in [-0.39, 0.29) is 0 Å². The number of aromatic nitrogens is 2. The van der Waals surface area contributed by atoms with Crippen LogP contribution in [0.1, 0.15) is 24.6 Å². The van der Waals surface area contributed by atoms with Gasteiger partial charge in [-0.15, -0.1) is 0 Å². The minimum atomic E-state index is 1.11. The smallest absolute Gasteiger partial charge is 0.0963 e. The number of pyridine rings is 1. The van der Waals surface area contributed by atoms with Gasteiger partial charge in [-0.3, -0.25) is 4.98 Å². The first-order chi connectivity index (χ1) is 8.72. The third-order valence-corrected chi connectivity index (χ3v) is 3.70. The number of para-hydroxylation sites is 1. The Hall–Kier alpha value is -1.83. The lowest BCUT2D eigenvalue weighted by Gasteiger charge is -2.05. The Morgan fingerprint density at radius 1 is 1.17 bits per heavy atom. The van der Waals surface area contributed by atoms with Gasteiger partial charge in [0.2, 0.25) is 0 Å². The molecule has 0 aliphatic carbocycles. The molecule has 2 heterocycles. The number of benzene rings is 1. The highest BCUT2D eigenvalue weighted by Crippen LogP contribution is 2.28. The van der Waals surface area contributed by atoms with Crippen LogP contribution in [0.3, 0.4) is 0 Å². The minimum absolute atomic E-state index is 1.11. The van der Waals surface area contributed by atoms with Crippen molar-refractivity contribution >= 4 is 21.9 Å². The van der Waals surface area contributed by atoms with Crippen LogP contribution in [0.4, 0.5) is 0 Å². The molecular weight excluding hydrogens is 220 g/mol. The van der Waals surface area contributed by atoms with Crippen LogP contribution in [0.5, 0.6) is 0 Å². The van der Waals surface area contributed by atoms with Gasteiger partial charge in [0.1, 0.15) is 0 Å². The summed E-state index contributed by atoms with van der Waals surface area (Å²) in [5, 5.41) is 1.25. The second kappa shape index (κ2) is 4.13. The fourth-order valence-electron chi connectivity index (χ4n) is 2.71. The number of hydrogen-bond acceptors (Lipinski definition) is 1. The van der Waals surface area contributed by atoms with Crippen LogP contribution in [-0.4, -0.2) is 9.55 Å². The van der Waals surface area contributed by atoms with Gasteiger partial charge in [-0.05, 0) is 31.0 Å². The van der Waals surface area contributed by atoms with E-state index < -0.39 is 0 Å². The molecule has 0 amide bonds. The minimum Gasteiger partial charge on any atom is -0.342 e. The maximum Gasteiger partial charge on any atom is 0.0963 e. The predicted octanol–water partition coefficient (Wildman–Crippen LogP) is 3.99. The topological polar surface area (TPSA) is 17.8 Å². The van der Waals surface area contributed by atoms with Crippen LogP contribution in [0, 0.1) is 6.92 Å². The lowest BCUT2D eigenvalue weighted by Crippen LogP contribution is -1.94. The molecule has 0 saturated carbocycles. The summed E-state index contributed by atoms with van der Waals surface area (Å²) in [7, 11) is 2.12. The average molecular weight is 238 g/mol. The number of nitrogens with zero attached hydrogens (tertiary/aromatic N) is 2. The van der Waals surface area contributed by atoms with E-state index in [4.69, 9.17) is 4.98 Å². The van der Waals surface area contributed by atoms with Crippen LogP contribution < -0.4 is 0 Å². The molecule has 2 heteroatoms. The quantitative estimate of drug-likeness (QED) is 0.660. The first kappa shape index (κ1) is 11.3. The van der Waals surface area contributed by atoms with Crippen LogP contribution in [-0.2, 0) is 13.5 Å². The van der Waals surface area contributed by atoms with Gasteiger partial charge in [-0.1, -0.05) is 31.5 Å². The summed E-state index contributed by atoms with van der Waals surface area (Å²) in [6.45, 7) is 4.33. The lowest BCUT2D eigenvalue weighted by atomic mass is 10.1. The van der Waals surface area contributed by atoms with Crippen molar-refractivity contribution in [2.75, 3.05) is 0 Å². The number of aryl methyl sites for hydroxylation is 3. The van der Waals surface area contributed by atoms with E-state index in [1.54, 1.807) is 0 Å². The van der Waals surface area contributed by atoms with Gasteiger partial charge in [-0.2, -0.15) is 0 Å². The zero-order chi connectivity index (χ0) is 12.7. The van der Waals surface area contributed by atoms with E-state index in [2.05, 4.69) is 55.8 Å². The maximum absolute atomic E-state index is 4.82. The monoisotopic (exact) mass is 238 g/mol. The van der Waals surface area contributed by atoms with Crippen molar-refractivity contribution in [1.29, 1.82) is 0 Å². The van der Waals surface area contributed by atoms with E-state index in [1.807, 2.05) is 0 Å². The molecule has 1 aromatic carbocycles. The largest absolute Gasteiger partial charge is 0.342 e. The zero-order valence-corrected chi connectivity index (χ0v) is 11.2. The van der Waals surface area contributed by atoms with Crippen molar-refractivity contribution in [3.63, 3.8) is 0 Å². The van der Waals surface area contributed by atoms with E-state index in [9.17, 15) is 0 Å². The molecule has 0 atom stereocenters. The molecular formula is C16H18N2.